The molecule has 0 radical (unpaired) electrons. The van der Waals surface area contributed by atoms with Gasteiger partial charge in [0.25, 0.3) is 0 Å². The van der Waals surface area contributed by atoms with Crippen molar-refractivity contribution in [2.24, 2.45) is 0 Å². The van der Waals surface area contributed by atoms with Gasteiger partial charge < -0.3 is 4.90 Å². The molecule has 0 saturated heterocycles. The predicted molar refractivity (Wildman–Crippen MR) is 68.9 cm³/mol. The molecule has 0 aliphatic carbocycles. The van der Waals surface area contributed by atoms with E-state index in [4.69, 9.17) is 0 Å². The summed E-state index contributed by atoms with van der Waals surface area (Å²) in [5, 5.41) is 4.46. The molecular weight excluding hydrogens is 214 g/mol. The van der Waals surface area contributed by atoms with Crippen LogP contribution in [0.25, 0.3) is 0 Å². The molecule has 1 aromatic heterocycles. The van der Waals surface area contributed by atoms with Crippen LogP contribution in [-0.2, 0) is 24.2 Å². The predicted octanol–water partition coefficient (Wildman–Crippen LogP) is 1.88. The summed E-state index contributed by atoms with van der Waals surface area (Å²) in [6.07, 6.45) is 1.83. The highest BCUT2D eigenvalue weighted by atomic mass is 16.2. The van der Waals surface area contributed by atoms with Gasteiger partial charge in [-0.15, -0.1) is 0 Å². The van der Waals surface area contributed by atoms with Crippen LogP contribution in [0.1, 0.15) is 39.1 Å². The maximum absolute atomic E-state index is 12.0. The third kappa shape index (κ3) is 3.32. The molecule has 1 aromatic rings. The molecule has 17 heavy (non-hydrogen) atoms. The van der Waals surface area contributed by atoms with Crippen LogP contribution in [0, 0.1) is 0 Å². The van der Waals surface area contributed by atoms with Crippen LogP contribution in [0.15, 0.2) is 6.07 Å². The molecule has 0 aliphatic rings. The lowest BCUT2D eigenvalue weighted by Gasteiger charge is -2.19. The number of rotatable bonds is 6. The lowest BCUT2D eigenvalue weighted by molar-refractivity contribution is -0.131. The fourth-order valence-corrected chi connectivity index (χ4v) is 1.91. The number of hydrogen-bond donors (Lipinski definition) is 0. The van der Waals surface area contributed by atoms with Crippen molar-refractivity contribution >= 4 is 5.91 Å². The summed E-state index contributed by atoms with van der Waals surface area (Å²) in [5.41, 5.74) is 2.21. The normalized spacial score (nSPS) is 10.6. The summed E-state index contributed by atoms with van der Waals surface area (Å²) >= 11 is 0. The Kier molecular flexibility index (Phi) is 5.19. The second-order valence-electron chi connectivity index (χ2n) is 4.06. The van der Waals surface area contributed by atoms with Gasteiger partial charge in [0, 0.05) is 18.8 Å². The SMILES string of the molecule is CCc1cc(CC)n(CC(=O)N(CC)CC)n1. The van der Waals surface area contributed by atoms with Crippen molar-refractivity contribution in [3.05, 3.63) is 17.5 Å². The van der Waals surface area contributed by atoms with Crippen LogP contribution in [0.2, 0.25) is 0 Å². The number of amides is 1. The Morgan fingerprint density at radius 3 is 2.35 bits per heavy atom. The van der Waals surface area contributed by atoms with Gasteiger partial charge in [-0.25, -0.2) is 0 Å². The van der Waals surface area contributed by atoms with Crippen molar-refractivity contribution in [2.45, 2.75) is 47.1 Å². The minimum atomic E-state index is 0.149. The molecule has 1 amide bonds. The Bertz CT molecular complexity index is 367. The molecule has 0 unspecified atom stereocenters. The van der Waals surface area contributed by atoms with E-state index in [1.165, 1.54) is 0 Å². The quantitative estimate of drug-likeness (QED) is 0.757. The van der Waals surface area contributed by atoms with Crippen molar-refractivity contribution < 1.29 is 4.79 Å². The van der Waals surface area contributed by atoms with E-state index in [1.54, 1.807) is 0 Å². The fraction of sp³-hybridized carbons (Fsp3) is 0.692. The number of likely N-dealkylation sites (N-methyl/N-ethyl adjacent to an activating group) is 1. The van der Waals surface area contributed by atoms with Crippen LogP contribution in [0.4, 0.5) is 0 Å². The minimum absolute atomic E-state index is 0.149. The molecule has 1 heterocycles. The highest BCUT2D eigenvalue weighted by Crippen LogP contribution is 2.07. The smallest absolute Gasteiger partial charge is 0.244 e. The van der Waals surface area contributed by atoms with E-state index in [2.05, 4.69) is 25.0 Å². The molecule has 0 aliphatic heterocycles. The summed E-state index contributed by atoms with van der Waals surface area (Å²) in [7, 11) is 0. The Morgan fingerprint density at radius 2 is 1.88 bits per heavy atom. The molecule has 0 bridgehead atoms. The van der Waals surface area contributed by atoms with Crippen molar-refractivity contribution in [2.75, 3.05) is 13.1 Å². The molecule has 0 aromatic carbocycles. The molecule has 4 heteroatoms. The van der Waals surface area contributed by atoms with Crippen molar-refractivity contribution in [1.82, 2.24) is 14.7 Å². The molecule has 0 N–H and O–H groups in total. The average Bonchev–Trinajstić information content (AvgIpc) is 2.73. The summed E-state index contributed by atoms with van der Waals surface area (Å²) < 4.78 is 1.85. The molecule has 0 saturated carbocycles. The zero-order valence-electron chi connectivity index (χ0n) is 11.4. The van der Waals surface area contributed by atoms with Crippen molar-refractivity contribution in [1.29, 1.82) is 0 Å². The summed E-state index contributed by atoms with van der Waals surface area (Å²) in [6, 6.07) is 2.09. The van der Waals surface area contributed by atoms with E-state index in [1.807, 2.05) is 23.4 Å². The van der Waals surface area contributed by atoms with Gasteiger partial charge >= 0.3 is 0 Å². The zero-order chi connectivity index (χ0) is 12.8. The Labute approximate surface area is 104 Å². The molecule has 1 rings (SSSR count). The Balaban J connectivity index is 2.79. The monoisotopic (exact) mass is 237 g/mol. The maximum atomic E-state index is 12.0. The first kappa shape index (κ1) is 13.7. The number of hydrogen-bond acceptors (Lipinski definition) is 2. The molecular formula is C13H23N3O. The van der Waals surface area contributed by atoms with Crippen LogP contribution in [0.3, 0.4) is 0 Å². The highest BCUT2D eigenvalue weighted by molar-refractivity contribution is 5.75. The van der Waals surface area contributed by atoms with E-state index in [0.29, 0.717) is 6.54 Å². The lowest BCUT2D eigenvalue weighted by Crippen LogP contribution is -2.34. The number of carbonyl (C=O) groups is 1. The first-order valence-corrected chi connectivity index (χ1v) is 6.49. The second kappa shape index (κ2) is 6.42. The number of nitrogens with zero attached hydrogens (tertiary/aromatic N) is 3. The Hall–Kier alpha value is -1.32. The van der Waals surface area contributed by atoms with Crippen LogP contribution >= 0.6 is 0 Å². The molecule has 0 atom stereocenters. The lowest BCUT2D eigenvalue weighted by atomic mass is 10.2. The first-order chi connectivity index (χ1) is 8.15. The third-order valence-electron chi connectivity index (χ3n) is 3.04. The Morgan fingerprint density at radius 1 is 1.24 bits per heavy atom. The molecule has 0 spiro atoms. The average molecular weight is 237 g/mol. The van der Waals surface area contributed by atoms with E-state index < -0.39 is 0 Å². The molecule has 0 fully saturated rings. The van der Waals surface area contributed by atoms with E-state index in [9.17, 15) is 4.79 Å². The topological polar surface area (TPSA) is 38.1 Å². The largest absolute Gasteiger partial charge is 0.342 e. The molecule has 4 nitrogen and oxygen atoms in total. The van der Waals surface area contributed by atoms with Crippen LogP contribution in [-0.4, -0.2) is 33.7 Å². The van der Waals surface area contributed by atoms with Crippen LogP contribution in [0.5, 0.6) is 0 Å². The first-order valence-electron chi connectivity index (χ1n) is 6.49. The van der Waals surface area contributed by atoms with Gasteiger partial charge in [-0.05, 0) is 32.8 Å². The number of carbonyl (C=O) groups excluding carboxylic acids is 1. The van der Waals surface area contributed by atoms with Gasteiger partial charge in [0.15, 0.2) is 0 Å². The highest BCUT2D eigenvalue weighted by Gasteiger charge is 2.13. The minimum Gasteiger partial charge on any atom is -0.342 e. The van der Waals surface area contributed by atoms with Gasteiger partial charge in [-0.1, -0.05) is 13.8 Å². The summed E-state index contributed by atoms with van der Waals surface area (Å²) in [6.45, 7) is 10.1. The number of aryl methyl sites for hydroxylation is 2. The van der Waals surface area contributed by atoms with Gasteiger partial charge in [0.2, 0.25) is 5.91 Å². The van der Waals surface area contributed by atoms with Crippen molar-refractivity contribution in [3.8, 4) is 0 Å². The van der Waals surface area contributed by atoms with E-state index in [0.717, 1.165) is 37.3 Å². The summed E-state index contributed by atoms with van der Waals surface area (Å²) in [4.78, 5) is 13.8. The standard InChI is InChI=1S/C13H23N3O/c1-5-11-9-12(6-2)16(14-11)10-13(17)15(7-3)8-4/h9H,5-8,10H2,1-4H3. The van der Waals surface area contributed by atoms with Gasteiger partial charge in [0.05, 0.1) is 5.69 Å². The van der Waals surface area contributed by atoms with Gasteiger partial charge in [0.1, 0.15) is 6.54 Å². The van der Waals surface area contributed by atoms with Crippen LogP contribution < -0.4 is 0 Å². The van der Waals surface area contributed by atoms with Gasteiger partial charge in [-0.3, -0.25) is 9.48 Å². The van der Waals surface area contributed by atoms with Crippen molar-refractivity contribution in [3.63, 3.8) is 0 Å². The number of aromatic nitrogens is 2. The second-order valence-corrected chi connectivity index (χ2v) is 4.06. The van der Waals surface area contributed by atoms with E-state index in [-0.39, 0.29) is 5.91 Å². The maximum Gasteiger partial charge on any atom is 0.244 e. The summed E-state index contributed by atoms with van der Waals surface area (Å²) in [5.74, 6) is 0.149. The zero-order valence-corrected chi connectivity index (χ0v) is 11.4. The van der Waals surface area contributed by atoms with Gasteiger partial charge in [-0.2, -0.15) is 5.10 Å². The molecule has 96 valence electrons. The third-order valence-corrected chi connectivity index (χ3v) is 3.04. The fourth-order valence-electron chi connectivity index (χ4n) is 1.91. The van der Waals surface area contributed by atoms with E-state index >= 15 is 0 Å².